The van der Waals surface area contributed by atoms with Crippen LogP contribution < -0.4 is 0 Å². The normalized spacial score (nSPS) is 15.2. The summed E-state index contributed by atoms with van der Waals surface area (Å²) < 4.78 is 38.0. The molecule has 0 spiro atoms. The average molecular weight is 1510 g/mol. The molecule has 0 aliphatic heterocycles. The molecule has 0 aromatic carbocycles. The third kappa shape index (κ3) is 65.4. The van der Waals surface area contributed by atoms with Crippen LogP contribution in [0.15, 0.2) is 0 Å². The Bertz CT molecular complexity index is 2000. The van der Waals surface area contributed by atoms with Gasteiger partial charge in [-0.1, -0.05) is 221 Å². The maximum Gasteiger partial charge on any atom is 0.312 e. The van der Waals surface area contributed by atoms with E-state index in [2.05, 4.69) is 20.8 Å². The van der Waals surface area contributed by atoms with E-state index in [1.165, 1.54) is 44.9 Å². The maximum absolute atomic E-state index is 11.8. The Hall–Kier alpha value is -3.71. The number of rotatable bonds is 23. The molecule has 14 heteroatoms. The van der Waals surface area contributed by atoms with E-state index in [9.17, 15) is 33.6 Å². The molecule has 0 bridgehead atoms. The molecule has 3 aliphatic rings. The molecule has 0 aromatic rings. The quantitative estimate of drug-likeness (QED) is 0.0695. The van der Waals surface area contributed by atoms with Crippen molar-refractivity contribution in [2.45, 2.75) is 512 Å². The van der Waals surface area contributed by atoms with E-state index >= 15 is 0 Å². The highest BCUT2D eigenvalue weighted by Crippen LogP contribution is 2.38. The molecule has 14 nitrogen and oxygen atoms in total. The van der Waals surface area contributed by atoms with Crippen molar-refractivity contribution < 1.29 is 66.7 Å². The number of carbonyl (C=O) groups excluding carboxylic acids is 7. The lowest BCUT2D eigenvalue weighted by molar-refractivity contribution is -0.169. The van der Waals surface area contributed by atoms with Crippen LogP contribution in [0.25, 0.3) is 0 Å². The van der Waals surface area contributed by atoms with Gasteiger partial charge in [-0.25, -0.2) is 0 Å². The summed E-state index contributed by atoms with van der Waals surface area (Å²) in [5.41, 5.74) is -2.45. The van der Waals surface area contributed by atoms with Gasteiger partial charge in [0.2, 0.25) is 0 Å². The van der Waals surface area contributed by atoms with Gasteiger partial charge in [0.05, 0.1) is 40.4 Å². The Labute approximate surface area is 657 Å². The molecule has 5 atom stereocenters. The second kappa shape index (κ2) is 69.7. The van der Waals surface area contributed by atoms with Crippen molar-refractivity contribution in [3.05, 3.63) is 0 Å². The van der Waals surface area contributed by atoms with Gasteiger partial charge < -0.3 is 33.2 Å². The van der Waals surface area contributed by atoms with Crippen molar-refractivity contribution in [3.8, 4) is 0 Å². The van der Waals surface area contributed by atoms with Crippen molar-refractivity contribution in [1.29, 1.82) is 0 Å². The first-order chi connectivity index (χ1) is 41.1. The second-order valence-corrected chi connectivity index (χ2v) is 30.9. The van der Waals surface area contributed by atoms with Gasteiger partial charge in [-0.3, -0.25) is 33.6 Å². The Morgan fingerprint density at radius 1 is 0.288 bits per heavy atom. The summed E-state index contributed by atoms with van der Waals surface area (Å²) in [4.78, 5) is 80.6. The molecule has 0 aromatic heterocycles. The van der Waals surface area contributed by atoms with E-state index in [1.807, 2.05) is 194 Å². The van der Waals surface area contributed by atoms with Crippen LogP contribution in [0.2, 0.25) is 0 Å². The summed E-state index contributed by atoms with van der Waals surface area (Å²) in [6, 6.07) is 0. The average Bonchev–Trinajstić information content (AvgIpc) is 1.31. The summed E-state index contributed by atoms with van der Waals surface area (Å²) >= 11 is 0. The minimum absolute atomic E-state index is 0. The zero-order valence-electron chi connectivity index (χ0n) is 64.6. The van der Waals surface area contributed by atoms with Crippen LogP contribution >= 0.6 is 0 Å². The topological polar surface area (TPSA) is 184 Å². The highest BCUT2D eigenvalue weighted by atomic mass is 16.6. The van der Waals surface area contributed by atoms with Gasteiger partial charge in [0.1, 0.15) is 39.2 Å². The lowest BCUT2D eigenvalue weighted by Crippen LogP contribution is -2.38. The van der Waals surface area contributed by atoms with Crippen molar-refractivity contribution in [2.24, 2.45) is 40.4 Å². The first kappa shape index (κ1) is 146. The van der Waals surface area contributed by atoms with E-state index in [4.69, 9.17) is 33.2 Å². The molecule has 0 heterocycles. The number of esters is 7. The van der Waals surface area contributed by atoms with E-state index in [1.54, 1.807) is 0 Å². The lowest BCUT2D eigenvalue weighted by atomic mass is 9.82. The molecule has 5 unspecified atom stereocenters. The monoisotopic (exact) mass is 1510 g/mol. The van der Waals surface area contributed by atoms with Gasteiger partial charge in [-0.05, 0) is 252 Å². The highest BCUT2D eigenvalue weighted by molar-refractivity contribution is 5.77. The fourth-order valence-electron chi connectivity index (χ4n) is 8.31. The molecule has 104 heavy (non-hydrogen) atoms. The number of carbonyl (C=O) groups is 7. The van der Waals surface area contributed by atoms with E-state index in [0.717, 1.165) is 109 Å². The maximum atomic E-state index is 11.8. The number of hydrogen-bond acceptors (Lipinski definition) is 14. The van der Waals surface area contributed by atoms with Gasteiger partial charge >= 0.3 is 41.8 Å². The fourth-order valence-corrected chi connectivity index (χ4v) is 8.31. The van der Waals surface area contributed by atoms with Crippen molar-refractivity contribution in [2.75, 3.05) is 0 Å². The first-order valence-electron chi connectivity index (χ1n) is 35.7. The molecule has 0 N–H and O–H groups in total. The largest absolute Gasteiger partial charge is 0.460 e. The standard InChI is InChI=1S/C13H24O2.C12H22O2.C11H20O2.C11H22O2.2C10H20O2.C9H18O2.14CH4/c1-4-11(3)12(14)15-13(5-2)9-7-6-8-10-13;1-4-10(3)11(13)14-12(5-2)8-6-7-9-12;1-4-9(2)10(12)13-11(3)7-5-6-8-11;1-7-10(3,4)9(12)13-11(5,6)8-2;1-7-10(5,6)8(11)12-9(2,3)4;1-6-8(3)9(11)12-10(4,5)7-2;1-6-7(2)8(10)11-9(3,4)5;;;;;;;;;;;;;;/h11H,4-10H2,1-3H3;10H,4-9H2,1-3H3;9H,4-8H2,1-3H3;7-8H2,1-6H3;7H2,1-6H3;8H,6-7H2,1-5H3;7H,6H2,1-5H3;14*1H4. The summed E-state index contributed by atoms with van der Waals surface area (Å²) in [6.07, 6.45) is 24.4. The second-order valence-electron chi connectivity index (χ2n) is 30.9. The zero-order chi connectivity index (χ0) is 71.3. The fraction of sp³-hybridized carbons (Fsp3) is 0.922. The minimum Gasteiger partial charge on any atom is -0.460 e. The van der Waals surface area contributed by atoms with Crippen LogP contribution in [0.5, 0.6) is 0 Å². The van der Waals surface area contributed by atoms with E-state index in [0.29, 0.717) is 0 Å². The Balaban J connectivity index is -0.0000000508. The first-order valence-corrected chi connectivity index (χ1v) is 35.7. The van der Waals surface area contributed by atoms with Crippen molar-refractivity contribution >= 4 is 41.8 Å². The molecule has 3 aliphatic carbocycles. The Morgan fingerprint density at radius 3 is 0.750 bits per heavy atom. The molecule has 3 fully saturated rings. The predicted molar refractivity (Wildman–Crippen MR) is 465 cm³/mol. The smallest absolute Gasteiger partial charge is 0.312 e. The van der Waals surface area contributed by atoms with E-state index in [-0.39, 0.29) is 225 Å². The number of ether oxygens (including phenoxy) is 7. The zero-order valence-corrected chi connectivity index (χ0v) is 64.6. The van der Waals surface area contributed by atoms with Gasteiger partial charge in [0.15, 0.2) is 0 Å². The van der Waals surface area contributed by atoms with Crippen LogP contribution in [0.4, 0.5) is 0 Å². The molecule has 0 amide bonds. The van der Waals surface area contributed by atoms with Crippen LogP contribution in [-0.4, -0.2) is 81.0 Å². The van der Waals surface area contributed by atoms with Crippen molar-refractivity contribution in [3.63, 3.8) is 0 Å². The highest BCUT2D eigenvalue weighted by Gasteiger charge is 2.38. The van der Waals surface area contributed by atoms with Crippen molar-refractivity contribution in [1.82, 2.24) is 0 Å². The summed E-state index contributed by atoms with van der Waals surface area (Å²) in [5, 5.41) is 0. The third-order valence-electron chi connectivity index (χ3n) is 18.4. The molecule has 3 rings (SSSR count). The van der Waals surface area contributed by atoms with Crippen LogP contribution in [0, 0.1) is 40.4 Å². The number of hydrogen-bond donors (Lipinski definition) is 0. The van der Waals surface area contributed by atoms with Gasteiger partial charge in [0, 0.05) is 0 Å². The Kier molecular flexibility index (Phi) is 97.9. The molecule has 646 valence electrons. The lowest BCUT2D eigenvalue weighted by Gasteiger charge is -2.36. The van der Waals surface area contributed by atoms with Gasteiger partial charge in [-0.15, -0.1) is 0 Å². The van der Waals surface area contributed by atoms with Crippen LogP contribution in [0.1, 0.15) is 473 Å². The van der Waals surface area contributed by atoms with Crippen LogP contribution in [-0.2, 0) is 66.7 Å². The van der Waals surface area contributed by atoms with Gasteiger partial charge in [-0.2, -0.15) is 0 Å². The summed E-state index contributed by atoms with van der Waals surface area (Å²) in [7, 11) is 0. The molecule has 0 saturated heterocycles. The summed E-state index contributed by atoms with van der Waals surface area (Å²) in [5.74, 6) is -0.204. The molecule has 0 radical (unpaired) electrons. The predicted octanol–water partition coefficient (Wildman–Crippen LogP) is 29.9. The van der Waals surface area contributed by atoms with E-state index < -0.39 is 0 Å². The minimum atomic E-state index is -0.372. The van der Waals surface area contributed by atoms with Gasteiger partial charge in [0.25, 0.3) is 0 Å². The SMILES string of the molecule is C.C.C.C.C.C.C.C.C.C.C.C.C.C.CCC(C)(C)C(=O)OC(C)(C)C.CCC(C)(C)OC(=O)C(C)(C)CC.CCC(C)C(=O)OC(C)(C)C.CCC(C)C(=O)OC(C)(C)CC.CCC(C)C(=O)OC1(C)CCCC1.CCC(C)C(=O)OC1(CC)CCCC1.CCC(C)C(=O)OC1(CC)CCCCC1. The third-order valence-corrected chi connectivity index (χ3v) is 18.4. The molecular formula is C90H202O14. The van der Waals surface area contributed by atoms with Crippen LogP contribution in [0.3, 0.4) is 0 Å². The summed E-state index contributed by atoms with van der Waals surface area (Å²) in [6.45, 7) is 60.7. The molecule has 3 saturated carbocycles. The Morgan fingerprint density at radius 2 is 0.510 bits per heavy atom. The molecular weight excluding hydrogens is 1300 g/mol.